The molecule has 0 atom stereocenters. The van der Waals surface area contributed by atoms with Crippen molar-refractivity contribution in [3.8, 4) is 5.75 Å². The summed E-state index contributed by atoms with van der Waals surface area (Å²) in [5.74, 6) is -0.166. The van der Waals surface area contributed by atoms with Gasteiger partial charge in [-0.3, -0.25) is 0 Å². The number of rotatable bonds is 4. The van der Waals surface area contributed by atoms with Crippen LogP contribution in [0.2, 0.25) is 0 Å². The van der Waals surface area contributed by atoms with E-state index in [1.54, 1.807) is 12.1 Å². The molecule has 0 radical (unpaired) electrons. The number of alkyl halides is 3. The number of benzene rings is 1. The molecule has 1 heterocycles. The Labute approximate surface area is 116 Å². The van der Waals surface area contributed by atoms with E-state index in [0.717, 1.165) is 44.7 Å². The van der Waals surface area contributed by atoms with E-state index in [0.29, 0.717) is 0 Å². The Bertz CT molecular complexity index is 411. The Balaban J connectivity index is 1.79. The minimum Gasteiger partial charge on any atom is -0.406 e. The fraction of sp³-hybridized carbons (Fsp3) is 0.571. The van der Waals surface area contributed by atoms with E-state index < -0.39 is 6.36 Å². The van der Waals surface area contributed by atoms with E-state index in [4.69, 9.17) is 0 Å². The van der Waals surface area contributed by atoms with E-state index >= 15 is 0 Å². The van der Waals surface area contributed by atoms with Crippen molar-refractivity contribution < 1.29 is 17.9 Å². The normalized spacial score (nSPS) is 18.2. The summed E-state index contributed by atoms with van der Waals surface area (Å²) in [6.45, 7) is 5.17. The zero-order chi connectivity index (χ0) is 14.6. The second kappa shape index (κ2) is 6.45. The fourth-order valence-electron chi connectivity index (χ4n) is 2.22. The molecule has 1 aromatic carbocycles. The molecular weight excluding hydrogens is 269 g/mol. The monoisotopic (exact) mass is 288 g/mol. The van der Waals surface area contributed by atoms with Gasteiger partial charge in [-0.2, -0.15) is 0 Å². The van der Waals surface area contributed by atoms with Gasteiger partial charge < -0.3 is 14.5 Å². The van der Waals surface area contributed by atoms with Crippen LogP contribution in [0, 0.1) is 0 Å². The van der Waals surface area contributed by atoms with Gasteiger partial charge in [0.1, 0.15) is 5.75 Å². The molecule has 0 aliphatic carbocycles. The van der Waals surface area contributed by atoms with Crippen LogP contribution in [0.5, 0.6) is 5.75 Å². The molecule has 1 saturated heterocycles. The molecule has 1 aliphatic rings. The van der Waals surface area contributed by atoms with Crippen LogP contribution < -0.4 is 4.74 Å². The Kier molecular flexibility index (Phi) is 4.88. The first-order valence-electron chi connectivity index (χ1n) is 6.68. The molecule has 0 spiro atoms. The molecule has 0 aromatic heterocycles. The minimum absolute atomic E-state index is 0.166. The van der Waals surface area contributed by atoms with Gasteiger partial charge in [0.05, 0.1) is 0 Å². The van der Waals surface area contributed by atoms with Gasteiger partial charge in [0.25, 0.3) is 0 Å². The summed E-state index contributed by atoms with van der Waals surface area (Å²) < 4.78 is 39.9. The van der Waals surface area contributed by atoms with Crippen molar-refractivity contribution in [1.29, 1.82) is 0 Å². The Morgan fingerprint density at radius 3 is 2.20 bits per heavy atom. The quantitative estimate of drug-likeness (QED) is 0.846. The van der Waals surface area contributed by atoms with Crippen molar-refractivity contribution in [3.05, 3.63) is 29.8 Å². The summed E-state index contributed by atoms with van der Waals surface area (Å²) in [5.41, 5.74) is 1.03. The zero-order valence-corrected chi connectivity index (χ0v) is 11.5. The number of piperazine rings is 1. The molecule has 1 fully saturated rings. The maximum absolute atomic E-state index is 12.0. The highest BCUT2D eigenvalue weighted by Gasteiger charge is 2.30. The van der Waals surface area contributed by atoms with Gasteiger partial charge >= 0.3 is 6.36 Å². The lowest BCUT2D eigenvalue weighted by molar-refractivity contribution is -0.274. The van der Waals surface area contributed by atoms with Crippen molar-refractivity contribution in [2.45, 2.75) is 12.8 Å². The first-order chi connectivity index (χ1) is 9.42. The molecule has 1 aromatic rings. The molecule has 112 valence electrons. The molecule has 0 unspecified atom stereocenters. The molecule has 0 bridgehead atoms. The first-order valence-corrected chi connectivity index (χ1v) is 6.68. The smallest absolute Gasteiger partial charge is 0.406 e. The van der Waals surface area contributed by atoms with E-state index in [9.17, 15) is 13.2 Å². The predicted molar refractivity (Wildman–Crippen MR) is 70.8 cm³/mol. The van der Waals surface area contributed by atoms with Gasteiger partial charge in [-0.1, -0.05) is 12.1 Å². The average molecular weight is 288 g/mol. The van der Waals surface area contributed by atoms with Crippen LogP contribution >= 0.6 is 0 Å². The SMILES string of the molecule is CN1CCN(CCc2ccc(OC(F)(F)F)cc2)CC1. The van der Waals surface area contributed by atoms with Crippen LogP contribution in [0.15, 0.2) is 24.3 Å². The number of nitrogens with zero attached hydrogens (tertiary/aromatic N) is 2. The minimum atomic E-state index is -4.62. The van der Waals surface area contributed by atoms with E-state index in [-0.39, 0.29) is 5.75 Å². The predicted octanol–water partition coefficient (Wildman–Crippen LogP) is 2.38. The molecule has 0 saturated carbocycles. The summed E-state index contributed by atoms with van der Waals surface area (Å²) in [4.78, 5) is 4.67. The fourth-order valence-corrected chi connectivity index (χ4v) is 2.22. The van der Waals surface area contributed by atoms with Crippen molar-refractivity contribution in [3.63, 3.8) is 0 Å². The van der Waals surface area contributed by atoms with Crippen molar-refractivity contribution in [1.82, 2.24) is 9.80 Å². The first kappa shape index (κ1) is 15.1. The van der Waals surface area contributed by atoms with Crippen LogP contribution in [-0.4, -0.2) is 55.9 Å². The highest BCUT2D eigenvalue weighted by Crippen LogP contribution is 2.22. The molecule has 3 nitrogen and oxygen atoms in total. The van der Waals surface area contributed by atoms with Crippen molar-refractivity contribution in [2.24, 2.45) is 0 Å². The molecule has 20 heavy (non-hydrogen) atoms. The zero-order valence-electron chi connectivity index (χ0n) is 11.5. The van der Waals surface area contributed by atoms with Crippen LogP contribution in [0.3, 0.4) is 0 Å². The summed E-state index contributed by atoms with van der Waals surface area (Å²) in [7, 11) is 2.11. The van der Waals surface area contributed by atoms with Crippen LogP contribution in [0.25, 0.3) is 0 Å². The van der Waals surface area contributed by atoms with E-state index in [1.807, 2.05) is 0 Å². The maximum Gasteiger partial charge on any atom is 0.573 e. The number of halogens is 3. The summed E-state index contributed by atoms with van der Waals surface area (Å²) >= 11 is 0. The average Bonchev–Trinajstić information content (AvgIpc) is 2.38. The van der Waals surface area contributed by atoms with Crippen LogP contribution in [-0.2, 0) is 6.42 Å². The third-order valence-corrected chi connectivity index (χ3v) is 3.47. The third-order valence-electron chi connectivity index (χ3n) is 3.47. The largest absolute Gasteiger partial charge is 0.573 e. The highest BCUT2D eigenvalue weighted by molar-refractivity contribution is 5.27. The Morgan fingerprint density at radius 2 is 1.65 bits per heavy atom. The molecule has 0 N–H and O–H groups in total. The molecule has 0 amide bonds. The van der Waals surface area contributed by atoms with Crippen LogP contribution in [0.4, 0.5) is 13.2 Å². The Morgan fingerprint density at radius 1 is 1.05 bits per heavy atom. The van der Waals surface area contributed by atoms with Crippen molar-refractivity contribution in [2.75, 3.05) is 39.8 Å². The lowest BCUT2D eigenvalue weighted by atomic mass is 10.1. The molecule has 2 rings (SSSR count). The highest BCUT2D eigenvalue weighted by atomic mass is 19.4. The molecule has 6 heteroatoms. The van der Waals surface area contributed by atoms with E-state index in [2.05, 4.69) is 21.6 Å². The Hall–Kier alpha value is -1.27. The van der Waals surface area contributed by atoms with E-state index in [1.165, 1.54) is 12.1 Å². The van der Waals surface area contributed by atoms with Gasteiger partial charge in [0.2, 0.25) is 0 Å². The second-order valence-corrected chi connectivity index (χ2v) is 5.09. The van der Waals surface area contributed by atoms with Crippen molar-refractivity contribution >= 4 is 0 Å². The van der Waals surface area contributed by atoms with Gasteiger partial charge in [-0.15, -0.1) is 13.2 Å². The summed E-state index contributed by atoms with van der Waals surface area (Å²) in [6.07, 6.45) is -3.78. The third kappa shape index (κ3) is 5.02. The standard InChI is InChI=1S/C14H19F3N2O/c1-18-8-10-19(11-9-18)7-6-12-2-4-13(5-3-12)20-14(15,16)17/h2-5H,6-11H2,1H3. The summed E-state index contributed by atoms with van der Waals surface area (Å²) in [5, 5.41) is 0. The molecule has 1 aliphatic heterocycles. The number of hydrogen-bond donors (Lipinski definition) is 0. The lowest BCUT2D eigenvalue weighted by Crippen LogP contribution is -2.45. The lowest BCUT2D eigenvalue weighted by Gasteiger charge is -2.32. The molecular formula is C14H19F3N2O. The number of hydrogen-bond acceptors (Lipinski definition) is 3. The van der Waals surface area contributed by atoms with Gasteiger partial charge in [0, 0.05) is 32.7 Å². The van der Waals surface area contributed by atoms with Crippen LogP contribution in [0.1, 0.15) is 5.56 Å². The van der Waals surface area contributed by atoms with Gasteiger partial charge in [-0.25, -0.2) is 0 Å². The second-order valence-electron chi connectivity index (χ2n) is 5.09. The van der Waals surface area contributed by atoms with Gasteiger partial charge in [-0.05, 0) is 31.2 Å². The number of likely N-dealkylation sites (N-methyl/N-ethyl adjacent to an activating group) is 1. The maximum atomic E-state index is 12.0. The topological polar surface area (TPSA) is 15.7 Å². The van der Waals surface area contributed by atoms with Gasteiger partial charge in [0.15, 0.2) is 0 Å². The number of ether oxygens (including phenoxy) is 1. The summed E-state index contributed by atoms with van der Waals surface area (Å²) in [6, 6.07) is 6.12.